The lowest BCUT2D eigenvalue weighted by Crippen LogP contribution is -2.02. The molecular weight excluding hydrogens is 404 g/mol. The van der Waals surface area contributed by atoms with Crippen molar-refractivity contribution in [2.75, 3.05) is 6.61 Å². The van der Waals surface area contributed by atoms with E-state index in [0.29, 0.717) is 11.4 Å². The van der Waals surface area contributed by atoms with Crippen LogP contribution >= 0.6 is 31.9 Å². The van der Waals surface area contributed by atoms with Crippen LogP contribution in [0.15, 0.2) is 71.2 Å². The van der Waals surface area contributed by atoms with E-state index in [0.717, 1.165) is 22.0 Å². The van der Waals surface area contributed by atoms with E-state index in [-0.39, 0.29) is 0 Å². The highest BCUT2D eigenvalue weighted by atomic mass is 79.9. The van der Waals surface area contributed by atoms with Crippen molar-refractivity contribution in [3.63, 3.8) is 0 Å². The summed E-state index contributed by atoms with van der Waals surface area (Å²) in [5.41, 5.74) is 1.28. The first-order valence-corrected chi connectivity index (χ1v) is 8.95. The van der Waals surface area contributed by atoms with Crippen LogP contribution in [-0.2, 0) is 0 Å². The second kappa shape index (κ2) is 7.30. The van der Waals surface area contributed by atoms with Crippen molar-refractivity contribution >= 4 is 42.6 Å². The van der Waals surface area contributed by atoms with Gasteiger partial charge in [0.05, 0.1) is 6.61 Å². The van der Waals surface area contributed by atoms with Gasteiger partial charge in [-0.3, -0.25) is 0 Å². The van der Waals surface area contributed by atoms with Gasteiger partial charge in [0.15, 0.2) is 0 Å². The minimum atomic E-state index is 0.315. The first kappa shape index (κ1) is 15.6. The van der Waals surface area contributed by atoms with Crippen LogP contribution in [0.3, 0.4) is 0 Å². The Morgan fingerprint density at radius 3 is 2.27 bits per heavy atom. The molecule has 22 heavy (non-hydrogen) atoms. The first-order valence-electron chi connectivity index (χ1n) is 7.25. The number of hydrogen-bond donors (Lipinski definition) is 0. The van der Waals surface area contributed by atoms with Gasteiger partial charge in [-0.25, -0.2) is 0 Å². The molecule has 0 N–H and O–H groups in total. The van der Waals surface area contributed by atoms with Gasteiger partial charge in [0.2, 0.25) is 0 Å². The van der Waals surface area contributed by atoms with Crippen molar-refractivity contribution in [1.29, 1.82) is 0 Å². The summed E-state index contributed by atoms with van der Waals surface area (Å²) in [6.45, 7) is 0.677. The second-order valence-electron chi connectivity index (χ2n) is 5.11. The van der Waals surface area contributed by atoms with Crippen molar-refractivity contribution in [1.82, 2.24) is 0 Å². The van der Waals surface area contributed by atoms with Crippen LogP contribution in [0.5, 0.6) is 5.75 Å². The first-order chi connectivity index (χ1) is 10.8. The summed E-state index contributed by atoms with van der Waals surface area (Å²) >= 11 is 7.32. The lowest BCUT2D eigenvalue weighted by atomic mass is 10.1. The van der Waals surface area contributed by atoms with Gasteiger partial charge in [0, 0.05) is 14.7 Å². The van der Waals surface area contributed by atoms with E-state index >= 15 is 0 Å². The Labute approximate surface area is 147 Å². The molecule has 0 radical (unpaired) electrons. The molecule has 0 heterocycles. The Bertz CT molecular complexity index is 756. The number of ether oxygens (including phenoxy) is 1. The summed E-state index contributed by atoms with van der Waals surface area (Å²) in [5, 5.41) is 2.32. The minimum absolute atomic E-state index is 0.315. The molecule has 0 spiro atoms. The monoisotopic (exact) mass is 418 g/mol. The molecular formula is C19H16Br2O. The normalized spacial score (nSPS) is 12.3. The molecule has 0 aliphatic rings. The Morgan fingerprint density at radius 1 is 0.818 bits per heavy atom. The molecule has 1 atom stereocenters. The molecule has 1 unspecified atom stereocenters. The topological polar surface area (TPSA) is 9.23 Å². The molecule has 3 aromatic rings. The molecule has 3 aromatic carbocycles. The maximum absolute atomic E-state index is 6.02. The fourth-order valence-electron chi connectivity index (χ4n) is 2.46. The zero-order valence-corrected chi connectivity index (χ0v) is 15.2. The van der Waals surface area contributed by atoms with Crippen molar-refractivity contribution < 1.29 is 4.74 Å². The average molecular weight is 420 g/mol. The molecule has 0 aliphatic carbocycles. The van der Waals surface area contributed by atoms with Crippen LogP contribution in [0, 0.1) is 0 Å². The number of benzene rings is 3. The van der Waals surface area contributed by atoms with Crippen LogP contribution in [-0.4, -0.2) is 6.61 Å². The van der Waals surface area contributed by atoms with Gasteiger partial charge in [-0.05, 0) is 29.5 Å². The SMILES string of the molecule is Brc1ccc(OCCC(Br)c2ccccc2)c2ccccc12. The summed E-state index contributed by atoms with van der Waals surface area (Å²) in [6, 6.07) is 22.8. The lowest BCUT2D eigenvalue weighted by Gasteiger charge is -2.13. The molecule has 1 nitrogen and oxygen atoms in total. The number of fused-ring (bicyclic) bond motifs is 1. The number of alkyl halides is 1. The fourth-order valence-corrected chi connectivity index (χ4v) is 3.43. The van der Waals surface area contributed by atoms with Crippen molar-refractivity contribution in [2.24, 2.45) is 0 Å². The third-order valence-corrected chi connectivity index (χ3v) is 5.30. The van der Waals surface area contributed by atoms with Gasteiger partial charge in [0.1, 0.15) is 5.75 Å². The largest absolute Gasteiger partial charge is 0.493 e. The summed E-state index contributed by atoms with van der Waals surface area (Å²) in [5.74, 6) is 0.937. The van der Waals surface area contributed by atoms with Crippen molar-refractivity contribution in [3.05, 3.63) is 76.8 Å². The zero-order chi connectivity index (χ0) is 15.4. The van der Waals surface area contributed by atoms with E-state index < -0.39 is 0 Å². The summed E-state index contributed by atoms with van der Waals surface area (Å²) < 4.78 is 7.11. The Kier molecular flexibility index (Phi) is 5.16. The summed E-state index contributed by atoms with van der Waals surface area (Å²) in [4.78, 5) is 0.315. The lowest BCUT2D eigenvalue weighted by molar-refractivity contribution is 0.314. The maximum atomic E-state index is 6.02. The predicted octanol–water partition coefficient (Wildman–Crippen LogP) is 6.51. The molecule has 0 amide bonds. The van der Waals surface area contributed by atoms with E-state index in [1.165, 1.54) is 10.9 Å². The van der Waals surface area contributed by atoms with Crippen LogP contribution in [0.2, 0.25) is 0 Å². The average Bonchev–Trinajstić information content (AvgIpc) is 2.58. The van der Waals surface area contributed by atoms with E-state index in [1.54, 1.807) is 0 Å². The van der Waals surface area contributed by atoms with Crippen molar-refractivity contribution in [3.8, 4) is 5.75 Å². The molecule has 112 valence electrons. The second-order valence-corrected chi connectivity index (χ2v) is 7.07. The van der Waals surface area contributed by atoms with Gasteiger partial charge < -0.3 is 4.74 Å². The van der Waals surface area contributed by atoms with Gasteiger partial charge in [0.25, 0.3) is 0 Å². The third kappa shape index (κ3) is 3.53. The highest BCUT2D eigenvalue weighted by Crippen LogP contribution is 2.32. The van der Waals surface area contributed by atoms with Gasteiger partial charge in [-0.15, -0.1) is 0 Å². The molecule has 0 saturated heterocycles. The molecule has 0 bridgehead atoms. The van der Waals surface area contributed by atoms with Crippen LogP contribution < -0.4 is 4.74 Å². The molecule has 0 fully saturated rings. The molecule has 0 aromatic heterocycles. The smallest absolute Gasteiger partial charge is 0.127 e. The van der Waals surface area contributed by atoms with Gasteiger partial charge in [-0.1, -0.05) is 86.5 Å². The van der Waals surface area contributed by atoms with E-state index in [2.05, 4.69) is 68.3 Å². The van der Waals surface area contributed by atoms with Crippen molar-refractivity contribution in [2.45, 2.75) is 11.2 Å². The Balaban J connectivity index is 1.69. The standard InChI is InChI=1S/C19H16Br2O/c20-17(14-6-2-1-3-7-14)12-13-22-19-11-10-18(21)15-8-4-5-9-16(15)19/h1-11,17H,12-13H2. The third-order valence-electron chi connectivity index (χ3n) is 3.62. The van der Waals surface area contributed by atoms with Crippen LogP contribution in [0.1, 0.15) is 16.8 Å². The van der Waals surface area contributed by atoms with Gasteiger partial charge in [-0.2, -0.15) is 0 Å². The number of hydrogen-bond acceptors (Lipinski definition) is 1. The maximum Gasteiger partial charge on any atom is 0.127 e. The minimum Gasteiger partial charge on any atom is -0.493 e. The quantitative estimate of drug-likeness (QED) is 0.428. The number of halogens is 2. The molecule has 3 heteroatoms. The van der Waals surface area contributed by atoms with Crippen LogP contribution in [0.25, 0.3) is 10.8 Å². The molecule has 3 rings (SSSR count). The Morgan fingerprint density at radius 2 is 1.50 bits per heavy atom. The van der Waals surface area contributed by atoms with E-state index in [4.69, 9.17) is 4.74 Å². The summed E-state index contributed by atoms with van der Waals surface area (Å²) in [7, 11) is 0. The molecule has 0 aliphatic heterocycles. The van der Waals surface area contributed by atoms with E-state index in [9.17, 15) is 0 Å². The predicted molar refractivity (Wildman–Crippen MR) is 99.9 cm³/mol. The highest BCUT2D eigenvalue weighted by molar-refractivity contribution is 9.10. The Hall–Kier alpha value is -1.32. The van der Waals surface area contributed by atoms with Crippen LogP contribution in [0.4, 0.5) is 0 Å². The summed E-state index contributed by atoms with van der Waals surface area (Å²) in [6.07, 6.45) is 0.925. The molecule has 0 saturated carbocycles. The van der Waals surface area contributed by atoms with E-state index in [1.807, 2.05) is 30.3 Å². The fraction of sp³-hybridized carbons (Fsp3) is 0.158. The highest BCUT2D eigenvalue weighted by Gasteiger charge is 2.09. The van der Waals surface area contributed by atoms with Gasteiger partial charge >= 0.3 is 0 Å². The zero-order valence-electron chi connectivity index (χ0n) is 12.0. The number of rotatable bonds is 5.